The largest absolute Gasteiger partial charge is 0.379 e. The van der Waals surface area contributed by atoms with Crippen LogP contribution in [0.25, 0.3) is 0 Å². The van der Waals surface area contributed by atoms with E-state index in [4.69, 9.17) is 4.74 Å². The van der Waals surface area contributed by atoms with E-state index in [9.17, 15) is 0 Å². The number of morpholine rings is 1. The summed E-state index contributed by atoms with van der Waals surface area (Å²) in [6.45, 7) is 9.70. The van der Waals surface area contributed by atoms with Gasteiger partial charge in [0.1, 0.15) is 0 Å². The molecule has 0 aromatic carbocycles. The molecule has 1 aliphatic rings. The van der Waals surface area contributed by atoms with Gasteiger partial charge in [-0.3, -0.25) is 0 Å². The maximum Gasteiger partial charge on any atom is 0.0620 e. The Balaban J connectivity index is 2.20. The monoisotopic (exact) mass is 171 g/mol. The van der Waals surface area contributed by atoms with Crippen molar-refractivity contribution >= 4 is 0 Å². The zero-order valence-corrected chi connectivity index (χ0v) is 8.47. The molecular formula is C10H21NO. The van der Waals surface area contributed by atoms with Gasteiger partial charge in [-0.1, -0.05) is 20.8 Å². The first kappa shape index (κ1) is 10.0. The SMILES string of the molecule is CC(C)C(C)CC1COCCN1. The summed E-state index contributed by atoms with van der Waals surface area (Å²) in [5.74, 6) is 1.58. The van der Waals surface area contributed by atoms with Gasteiger partial charge >= 0.3 is 0 Å². The summed E-state index contributed by atoms with van der Waals surface area (Å²) < 4.78 is 5.40. The molecule has 2 unspecified atom stereocenters. The number of hydrogen-bond donors (Lipinski definition) is 1. The highest BCUT2D eigenvalue weighted by atomic mass is 16.5. The number of hydrogen-bond acceptors (Lipinski definition) is 2. The highest BCUT2D eigenvalue weighted by molar-refractivity contribution is 4.73. The van der Waals surface area contributed by atoms with Gasteiger partial charge in [-0.05, 0) is 18.3 Å². The summed E-state index contributed by atoms with van der Waals surface area (Å²) in [5.41, 5.74) is 0. The van der Waals surface area contributed by atoms with E-state index in [-0.39, 0.29) is 0 Å². The van der Waals surface area contributed by atoms with Crippen molar-refractivity contribution in [1.29, 1.82) is 0 Å². The van der Waals surface area contributed by atoms with Crippen LogP contribution in [-0.2, 0) is 4.74 Å². The van der Waals surface area contributed by atoms with Crippen molar-refractivity contribution in [3.05, 3.63) is 0 Å². The summed E-state index contributed by atoms with van der Waals surface area (Å²) >= 11 is 0. The molecule has 12 heavy (non-hydrogen) atoms. The smallest absolute Gasteiger partial charge is 0.0620 e. The van der Waals surface area contributed by atoms with E-state index in [1.54, 1.807) is 0 Å². The summed E-state index contributed by atoms with van der Waals surface area (Å²) in [6, 6.07) is 0.594. The fourth-order valence-electron chi connectivity index (χ4n) is 1.49. The Kier molecular flexibility index (Phi) is 4.02. The molecule has 1 rings (SSSR count). The van der Waals surface area contributed by atoms with E-state index in [1.807, 2.05) is 0 Å². The first-order chi connectivity index (χ1) is 5.70. The van der Waals surface area contributed by atoms with Crippen molar-refractivity contribution in [3.8, 4) is 0 Å². The van der Waals surface area contributed by atoms with E-state index in [0.717, 1.165) is 31.6 Å². The Morgan fingerprint density at radius 2 is 2.17 bits per heavy atom. The maximum absolute atomic E-state index is 5.40. The maximum atomic E-state index is 5.40. The summed E-state index contributed by atoms with van der Waals surface area (Å²) in [4.78, 5) is 0. The van der Waals surface area contributed by atoms with Gasteiger partial charge in [-0.2, -0.15) is 0 Å². The van der Waals surface area contributed by atoms with E-state index in [2.05, 4.69) is 26.1 Å². The van der Waals surface area contributed by atoms with Crippen molar-refractivity contribution < 1.29 is 4.74 Å². The summed E-state index contributed by atoms with van der Waals surface area (Å²) in [5, 5.41) is 3.48. The van der Waals surface area contributed by atoms with Crippen molar-refractivity contribution in [2.45, 2.75) is 33.2 Å². The van der Waals surface area contributed by atoms with Crippen LogP contribution in [0.1, 0.15) is 27.2 Å². The first-order valence-electron chi connectivity index (χ1n) is 5.01. The van der Waals surface area contributed by atoms with Crippen LogP contribution in [0.5, 0.6) is 0 Å². The zero-order chi connectivity index (χ0) is 8.97. The average molecular weight is 171 g/mol. The molecule has 2 heteroatoms. The Morgan fingerprint density at radius 3 is 2.67 bits per heavy atom. The van der Waals surface area contributed by atoms with Crippen LogP contribution in [-0.4, -0.2) is 25.8 Å². The second-order valence-corrected chi connectivity index (χ2v) is 4.18. The third-order valence-electron chi connectivity index (χ3n) is 2.79. The molecule has 1 fully saturated rings. The van der Waals surface area contributed by atoms with Gasteiger partial charge in [0.15, 0.2) is 0 Å². The molecule has 1 saturated heterocycles. The molecule has 0 radical (unpaired) electrons. The van der Waals surface area contributed by atoms with Crippen LogP contribution < -0.4 is 5.32 Å². The van der Waals surface area contributed by atoms with Crippen LogP contribution in [0.3, 0.4) is 0 Å². The van der Waals surface area contributed by atoms with Crippen molar-refractivity contribution in [3.63, 3.8) is 0 Å². The lowest BCUT2D eigenvalue weighted by atomic mass is 9.91. The van der Waals surface area contributed by atoms with Crippen LogP contribution in [0.15, 0.2) is 0 Å². The van der Waals surface area contributed by atoms with Crippen LogP contribution >= 0.6 is 0 Å². The van der Waals surface area contributed by atoms with Crippen LogP contribution in [0.2, 0.25) is 0 Å². The summed E-state index contributed by atoms with van der Waals surface area (Å²) in [6.07, 6.45) is 1.25. The molecule has 2 atom stereocenters. The predicted octanol–water partition coefficient (Wildman–Crippen LogP) is 1.66. The number of ether oxygens (including phenoxy) is 1. The fourth-order valence-corrected chi connectivity index (χ4v) is 1.49. The average Bonchev–Trinajstić information content (AvgIpc) is 2.06. The molecule has 0 spiro atoms. The minimum Gasteiger partial charge on any atom is -0.379 e. The Hall–Kier alpha value is -0.0800. The molecule has 0 aliphatic carbocycles. The molecule has 0 amide bonds. The molecule has 1 aliphatic heterocycles. The van der Waals surface area contributed by atoms with E-state index in [1.165, 1.54) is 6.42 Å². The molecular weight excluding hydrogens is 150 g/mol. The van der Waals surface area contributed by atoms with Crippen molar-refractivity contribution in [1.82, 2.24) is 5.32 Å². The normalized spacial score (nSPS) is 27.5. The lowest BCUT2D eigenvalue weighted by Gasteiger charge is -2.27. The van der Waals surface area contributed by atoms with Gasteiger partial charge in [0.25, 0.3) is 0 Å². The second kappa shape index (κ2) is 4.83. The quantitative estimate of drug-likeness (QED) is 0.697. The fraction of sp³-hybridized carbons (Fsp3) is 1.00. The van der Waals surface area contributed by atoms with Crippen molar-refractivity contribution in [2.75, 3.05) is 19.8 Å². The van der Waals surface area contributed by atoms with Gasteiger partial charge in [0, 0.05) is 12.6 Å². The molecule has 0 saturated carbocycles. The number of nitrogens with one attached hydrogen (secondary N) is 1. The van der Waals surface area contributed by atoms with Gasteiger partial charge in [0.2, 0.25) is 0 Å². The standard InChI is InChI=1S/C10H21NO/c1-8(2)9(3)6-10-7-12-5-4-11-10/h8-11H,4-7H2,1-3H3. The Bertz CT molecular complexity index is 119. The molecule has 2 nitrogen and oxygen atoms in total. The van der Waals surface area contributed by atoms with Gasteiger partial charge < -0.3 is 10.1 Å². The second-order valence-electron chi connectivity index (χ2n) is 4.18. The molecule has 0 aromatic heterocycles. The molecule has 72 valence electrons. The third-order valence-corrected chi connectivity index (χ3v) is 2.79. The van der Waals surface area contributed by atoms with Crippen LogP contribution in [0, 0.1) is 11.8 Å². The number of rotatable bonds is 3. The third kappa shape index (κ3) is 3.11. The van der Waals surface area contributed by atoms with Gasteiger partial charge in [0.05, 0.1) is 13.2 Å². The predicted molar refractivity (Wildman–Crippen MR) is 51.2 cm³/mol. The lowest BCUT2D eigenvalue weighted by molar-refractivity contribution is 0.0668. The highest BCUT2D eigenvalue weighted by Gasteiger charge is 2.17. The van der Waals surface area contributed by atoms with Gasteiger partial charge in [-0.25, -0.2) is 0 Å². The van der Waals surface area contributed by atoms with Crippen molar-refractivity contribution in [2.24, 2.45) is 11.8 Å². The molecule has 0 bridgehead atoms. The topological polar surface area (TPSA) is 21.3 Å². The lowest BCUT2D eigenvalue weighted by Crippen LogP contribution is -2.42. The molecule has 1 heterocycles. The van der Waals surface area contributed by atoms with E-state index < -0.39 is 0 Å². The highest BCUT2D eigenvalue weighted by Crippen LogP contribution is 2.16. The Morgan fingerprint density at radius 1 is 1.42 bits per heavy atom. The van der Waals surface area contributed by atoms with E-state index >= 15 is 0 Å². The minimum atomic E-state index is 0.594. The Labute approximate surface area is 75.7 Å². The minimum absolute atomic E-state index is 0.594. The molecule has 1 N–H and O–H groups in total. The summed E-state index contributed by atoms with van der Waals surface area (Å²) in [7, 11) is 0. The first-order valence-corrected chi connectivity index (χ1v) is 5.01. The zero-order valence-electron chi connectivity index (χ0n) is 8.47. The van der Waals surface area contributed by atoms with Crippen LogP contribution in [0.4, 0.5) is 0 Å². The van der Waals surface area contributed by atoms with Gasteiger partial charge in [-0.15, -0.1) is 0 Å². The molecule has 0 aromatic rings. The van der Waals surface area contributed by atoms with E-state index in [0.29, 0.717) is 6.04 Å².